The number of carbonyl (C=O) groups is 2. The number of benzene rings is 2. The molecule has 0 bridgehead atoms. The Kier molecular flexibility index (Phi) is 4.90. The van der Waals surface area contributed by atoms with Crippen LogP contribution < -0.4 is 16.0 Å². The van der Waals surface area contributed by atoms with E-state index < -0.39 is 35.2 Å². The number of hydrogen-bond acceptors (Lipinski definition) is 2. The smallest absolute Gasteiger partial charge is 0.319 e. The Morgan fingerprint density at radius 1 is 1.12 bits per heavy atom. The maximum atomic E-state index is 14.2. The first kappa shape index (κ1) is 17.9. The lowest BCUT2D eigenvalue weighted by Gasteiger charge is -2.29. The molecule has 2 aromatic rings. The van der Waals surface area contributed by atoms with Gasteiger partial charge in [0.1, 0.15) is 11.6 Å². The molecule has 0 spiro atoms. The molecule has 26 heavy (non-hydrogen) atoms. The first-order valence-corrected chi connectivity index (χ1v) is 8.04. The van der Waals surface area contributed by atoms with Crippen LogP contribution >= 0.6 is 11.6 Å². The van der Waals surface area contributed by atoms with Crippen molar-refractivity contribution in [2.24, 2.45) is 0 Å². The molecule has 0 aromatic heterocycles. The SMILES string of the molecule is CC1=C(C(=O)Nc2ccccc2Cl)[C@H](c2c(F)cccc2F)NC(=O)N1. The van der Waals surface area contributed by atoms with Gasteiger partial charge in [-0.15, -0.1) is 0 Å². The average molecular weight is 378 g/mol. The number of nitrogens with one attached hydrogen (secondary N) is 3. The van der Waals surface area contributed by atoms with Crippen LogP contribution in [0.15, 0.2) is 53.7 Å². The molecule has 1 heterocycles. The van der Waals surface area contributed by atoms with E-state index in [0.29, 0.717) is 10.7 Å². The zero-order valence-corrected chi connectivity index (χ0v) is 14.3. The summed E-state index contributed by atoms with van der Waals surface area (Å²) in [5, 5.41) is 7.74. The van der Waals surface area contributed by atoms with Crippen molar-refractivity contribution in [1.82, 2.24) is 10.6 Å². The minimum absolute atomic E-state index is 0.0199. The summed E-state index contributed by atoms with van der Waals surface area (Å²) in [6, 6.07) is 7.93. The van der Waals surface area contributed by atoms with E-state index in [1.54, 1.807) is 24.3 Å². The first-order valence-electron chi connectivity index (χ1n) is 7.66. The molecule has 1 aliphatic rings. The van der Waals surface area contributed by atoms with Gasteiger partial charge in [0.25, 0.3) is 5.91 Å². The molecule has 0 aliphatic carbocycles. The van der Waals surface area contributed by atoms with Gasteiger partial charge in [0.2, 0.25) is 0 Å². The third kappa shape index (κ3) is 3.39. The Balaban J connectivity index is 2.04. The number of allylic oxidation sites excluding steroid dienone is 1. The number of amides is 3. The summed E-state index contributed by atoms with van der Waals surface area (Å²) in [7, 11) is 0. The van der Waals surface area contributed by atoms with Gasteiger partial charge in [-0.3, -0.25) is 4.79 Å². The highest BCUT2D eigenvalue weighted by atomic mass is 35.5. The lowest BCUT2D eigenvalue weighted by molar-refractivity contribution is -0.113. The second kappa shape index (κ2) is 7.13. The minimum Gasteiger partial charge on any atom is -0.326 e. The first-order chi connectivity index (χ1) is 12.4. The lowest BCUT2D eigenvalue weighted by atomic mass is 9.94. The Morgan fingerprint density at radius 3 is 2.42 bits per heavy atom. The van der Waals surface area contributed by atoms with Crippen LogP contribution in [-0.4, -0.2) is 11.9 Å². The molecule has 1 aliphatic heterocycles. The highest BCUT2D eigenvalue weighted by molar-refractivity contribution is 6.33. The molecule has 3 amide bonds. The third-order valence-electron chi connectivity index (χ3n) is 3.92. The summed E-state index contributed by atoms with van der Waals surface area (Å²) in [5.74, 6) is -2.38. The van der Waals surface area contributed by atoms with E-state index in [1.165, 1.54) is 13.0 Å². The predicted octanol–water partition coefficient (Wildman–Crippen LogP) is 3.88. The van der Waals surface area contributed by atoms with Crippen LogP contribution in [0.25, 0.3) is 0 Å². The average Bonchev–Trinajstić information content (AvgIpc) is 2.56. The van der Waals surface area contributed by atoms with Crippen LogP contribution in [0.4, 0.5) is 19.3 Å². The van der Waals surface area contributed by atoms with Gasteiger partial charge in [0.05, 0.1) is 27.9 Å². The molecule has 3 N–H and O–H groups in total. The minimum atomic E-state index is -1.28. The van der Waals surface area contributed by atoms with E-state index in [4.69, 9.17) is 11.6 Å². The molecular weight excluding hydrogens is 364 g/mol. The van der Waals surface area contributed by atoms with Gasteiger partial charge in [-0.05, 0) is 31.2 Å². The van der Waals surface area contributed by atoms with Crippen LogP contribution in [0.2, 0.25) is 5.02 Å². The number of anilines is 1. The molecule has 0 unspecified atom stereocenters. The number of carbonyl (C=O) groups excluding carboxylic acids is 2. The normalized spacial score (nSPS) is 16.8. The van der Waals surface area contributed by atoms with Crippen molar-refractivity contribution < 1.29 is 18.4 Å². The summed E-state index contributed by atoms with van der Waals surface area (Å²) < 4.78 is 28.5. The molecule has 8 heteroatoms. The monoisotopic (exact) mass is 377 g/mol. The van der Waals surface area contributed by atoms with Gasteiger partial charge in [0, 0.05) is 5.70 Å². The number of halogens is 3. The van der Waals surface area contributed by atoms with Crippen molar-refractivity contribution in [3.05, 3.63) is 76.0 Å². The van der Waals surface area contributed by atoms with Crippen molar-refractivity contribution in [3.63, 3.8) is 0 Å². The van der Waals surface area contributed by atoms with E-state index in [9.17, 15) is 18.4 Å². The molecule has 2 aromatic carbocycles. The summed E-state index contributed by atoms with van der Waals surface area (Å²) in [5.41, 5.74) is 0.0922. The summed E-state index contributed by atoms with van der Waals surface area (Å²) in [6.45, 7) is 1.48. The van der Waals surface area contributed by atoms with Gasteiger partial charge in [-0.2, -0.15) is 0 Å². The summed E-state index contributed by atoms with van der Waals surface area (Å²) in [6.07, 6.45) is 0. The molecule has 0 saturated heterocycles. The number of rotatable bonds is 3. The van der Waals surface area contributed by atoms with E-state index in [0.717, 1.165) is 12.1 Å². The van der Waals surface area contributed by atoms with Gasteiger partial charge in [-0.1, -0.05) is 29.8 Å². The number of urea groups is 1. The Morgan fingerprint density at radius 2 is 1.77 bits per heavy atom. The molecule has 1 atom stereocenters. The van der Waals surface area contributed by atoms with Crippen molar-refractivity contribution in [2.45, 2.75) is 13.0 Å². The molecule has 134 valence electrons. The fourth-order valence-electron chi connectivity index (χ4n) is 2.75. The van der Waals surface area contributed by atoms with Crippen molar-refractivity contribution in [1.29, 1.82) is 0 Å². The summed E-state index contributed by atoms with van der Waals surface area (Å²) in [4.78, 5) is 24.6. The quantitative estimate of drug-likeness (QED) is 0.759. The zero-order chi connectivity index (χ0) is 18.8. The van der Waals surface area contributed by atoms with Gasteiger partial charge < -0.3 is 16.0 Å². The predicted molar refractivity (Wildman–Crippen MR) is 93.5 cm³/mol. The Bertz CT molecular complexity index is 910. The van der Waals surface area contributed by atoms with Crippen molar-refractivity contribution in [3.8, 4) is 0 Å². The fraction of sp³-hybridized carbons (Fsp3) is 0.111. The lowest BCUT2D eigenvalue weighted by Crippen LogP contribution is -2.46. The van der Waals surface area contributed by atoms with E-state index >= 15 is 0 Å². The second-order valence-corrected chi connectivity index (χ2v) is 6.05. The molecule has 0 fully saturated rings. The molecule has 0 saturated carbocycles. The summed E-state index contributed by atoms with van der Waals surface area (Å²) >= 11 is 6.03. The largest absolute Gasteiger partial charge is 0.326 e. The molecule has 5 nitrogen and oxygen atoms in total. The van der Waals surface area contributed by atoms with Gasteiger partial charge in [0.15, 0.2) is 0 Å². The molecule has 3 rings (SSSR count). The van der Waals surface area contributed by atoms with Crippen LogP contribution in [0, 0.1) is 11.6 Å². The maximum Gasteiger partial charge on any atom is 0.319 e. The van der Waals surface area contributed by atoms with E-state index in [1.807, 2.05) is 0 Å². The van der Waals surface area contributed by atoms with E-state index in [2.05, 4.69) is 16.0 Å². The highest BCUT2D eigenvalue weighted by Crippen LogP contribution is 2.32. The number of para-hydroxylation sites is 1. The topological polar surface area (TPSA) is 70.2 Å². The van der Waals surface area contributed by atoms with Gasteiger partial charge in [-0.25, -0.2) is 13.6 Å². The van der Waals surface area contributed by atoms with E-state index in [-0.39, 0.29) is 11.3 Å². The highest BCUT2D eigenvalue weighted by Gasteiger charge is 2.34. The van der Waals surface area contributed by atoms with Crippen LogP contribution in [-0.2, 0) is 4.79 Å². The third-order valence-corrected chi connectivity index (χ3v) is 4.25. The van der Waals surface area contributed by atoms with Crippen LogP contribution in [0.5, 0.6) is 0 Å². The van der Waals surface area contributed by atoms with Gasteiger partial charge >= 0.3 is 6.03 Å². The zero-order valence-electron chi connectivity index (χ0n) is 13.6. The van der Waals surface area contributed by atoms with Crippen LogP contribution in [0.3, 0.4) is 0 Å². The van der Waals surface area contributed by atoms with Crippen molar-refractivity contribution >= 4 is 29.2 Å². The Labute approximate surface area is 153 Å². The molecular formula is C18H14ClF2N3O2. The number of hydrogen-bond donors (Lipinski definition) is 3. The molecule has 0 radical (unpaired) electrons. The second-order valence-electron chi connectivity index (χ2n) is 5.64. The standard InChI is InChI=1S/C18H14ClF2N3O2/c1-9-14(17(25)23-13-8-3-2-5-10(13)19)16(24-18(26)22-9)15-11(20)6-4-7-12(15)21/h2-8,16H,1H3,(H,23,25)(H2,22,24,26)/t16-/m1/s1. The van der Waals surface area contributed by atoms with Crippen LogP contribution in [0.1, 0.15) is 18.5 Å². The Hall–Kier alpha value is -2.93. The van der Waals surface area contributed by atoms with Crippen molar-refractivity contribution in [2.75, 3.05) is 5.32 Å². The maximum absolute atomic E-state index is 14.2. The fourth-order valence-corrected chi connectivity index (χ4v) is 2.93.